The Morgan fingerprint density at radius 2 is 1.70 bits per heavy atom. The average Bonchev–Trinajstić information content (AvgIpc) is 2.54. The molecular formula is C19H25NO3. The topological polar surface area (TPSA) is 70.2 Å². The van der Waals surface area contributed by atoms with Crippen LogP contribution < -0.4 is 5.56 Å². The third-order valence-electron chi connectivity index (χ3n) is 4.18. The molecule has 23 heavy (non-hydrogen) atoms. The summed E-state index contributed by atoms with van der Waals surface area (Å²) in [4.78, 5) is 27.0. The van der Waals surface area contributed by atoms with Crippen LogP contribution in [0.1, 0.15) is 68.6 Å². The Labute approximate surface area is 136 Å². The number of benzene rings is 1. The highest BCUT2D eigenvalue weighted by Gasteiger charge is 2.18. The van der Waals surface area contributed by atoms with E-state index in [4.69, 9.17) is 0 Å². The molecule has 1 heterocycles. The van der Waals surface area contributed by atoms with E-state index in [1.165, 1.54) is 25.7 Å². The SMILES string of the molecule is CCCCCCCCCC(=O)c1c(O)c2ccccc2[nH]c1=O. The van der Waals surface area contributed by atoms with Crippen LogP contribution in [0, 0.1) is 0 Å². The van der Waals surface area contributed by atoms with Crippen LogP contribution in [0.5, 0.6) is 5.75 Å². The standard InChI is InChI=1S/C19H25NO3/c1-2-3-4-5-6-7-8-13-16(21)17-18(22)14-11-9-10-12-15(14)20-19(17)23/h9-12H,2-8,13H2,1H3,(H2,20,22,23). The molecule has 0 saturated carbocycles. The highest BCUT2D eigenvalue weighted by Crippen LogP contribution is 2.25. The molecule has 2 aromatic rings. The van der Waals surface area contributed by atoms with Crippen LogP contribution in [-0.2, 0) is 0 Å². The minimum atomic E-state index is -0.505. The predicted octanol–water partition coefficient (Wildman–Crippen LogP) is 4.56. The van der Waals surface area contributed by atoms with Gasteiger partial charge in [0.2, 0.25) is 0 Å². The Hall–Kier alpha value is -2.10. The van der Waals surface area contributed by atoms with Crippen LogP contribution in [0.15, 0.2) is 29.1 Å². The van der Waals surface area contributed by atoms with Crippen molar-refractivity contribution in [3.8, 4) is 5.75 Å². The van der Waals surface area contributed by atoms with Crippen molar-refractivity contribution in [1.82, 2.24) is 4.98 Å². The quantitative estimate of drug-likeness (QED) is 0.526. The summed E-state index contributed by atoms with van der Waals surface area (Å²) in [7, 11) is 0. The number of Topliss-reactive ketones (excluding diaryl/α,β-unsaturated/α-hetero) is 1. The predicted molar refractivity (Wildman–Crippen MR) is 93.2 cm³/mol. The lowest BCUT2D eigenvalue weighted by molar-refractivity contribution is 0.0975. The molecule has 0 aliphatic heterocycles. The van der Waals surface area contributed by atoms with E-state index in [-0.39, 0.29) is 17.1 Å². The fraction of sp³-hybridized carbons (Fsp3) is 0.474. The first-order valence-corrected chi connectivity index (χ1v) is 8.52. The second-order valence-electron chi connectivity index (χ2n) is 6.02. The Kier molecular flexibility index (Phi) is 6.39. The monoisotopic (exact) mass is 315 g/mol. The van der Waals surface area contributed by atoms with Gasteiger partial charge in [-0.1, -0.05) is 57.6 Å². The summed E-state index contributed by atoms with van der Waals surface area (Å²) in [6.45, 7) is 2.19. The van der Waals surface area contributed by atoms with Crippen molar-refractivity contribution in [1.29, 1.82) is 0 Å². The molecule has 2 rings (SSSR count). The van der Waals surface area contributed by atoms with E-state index in [0.717, 1.165) is 19.3 Å². The maximum absolute atomic E-state index is 12.3. The maximum atomic E-state index is 12.3. The lowest BCUT2D eigenvalue weighted by Gasteiger charge is -2.06. The summed E-state index contributed by atoms with van der Waals surface area (Å²) < 4.78 is 0. The Bertz CT molecular complexity index is 718. The number of rotatable bonds is 9. The number of nitrogens with one attached hydrogen (secondary N) is 1. The van der Waals surface area contributed by atoms with Gasteiger partial charge in [0.1, 0.15) is 11.3 Å². The van der Waals surface area contributed by atoms with Crippen LogP contribution in [0.2, 0.25) is 0 Å². The molecule has 0 saturated heterocycles. The van der Waals surface area contributed by atoms with E-state index < -0.39 is 5.56 Å². The van der Waals surface area contributed by atoms with Gasteiger partial charge in [-0.05, 0) is 18.6 Å². The first-order chi connectivity index (χ1) is 11.1. The first-order valence-electron chi connectivity index (χ1n) is 8.52. The minimum absolute atomic E-state index is 0.102. The number of unbranched alkanes of at least 4 members (excludes halogenated alkanes) is 6. The summed E-state index contributed by atoms with van der Waals surface area (Å²) in [6, 6.07) is 6.95. The van der Waals surface area contributed by atoms with Gasteiger partial charge < -0.3 is 10.1 Å². The van der Waals surface area contributed by atoms with Crippen molar-refractivity contribution in [2.45, 2.75) is 58.3 Å². The van der Waals surface area contributed by atoms with Gasteiger partial charge in [0.25, 0.3) is 5.56 Å². The molecule has 4 heteroatoms. The molecule has 4 nitrogen and oxygen atoms in total. The van der Waals surface area contributed by atoms with E-state index >= 15 is 0 Å². The van der Waals surface area contributed by atoms with Crippen molar-refractivity contribution in [2.75, 3.05) is 0 Å². The zero-order chi connectivity index (χ0) is 16.7. The fourth-order valence-electron chi connectivity index (χ4n) is 2.85. The molecule has 0 fully saturated rings. The van der Waals surface area contributed by atoms with E-state index in [9.17, 15) is 14.7 Å². The first kappa shape index (κ1) is 17.3. The number of aromatic nitrogens is 1. The Morgan fingerprint density at radius 1 is 1.04 bits per heavy atom. The van der Waals surface area contributed by atoms with Gasteiger partial charge in [0, 0.05) is 11.8 Å². The largest absolute Gasteiger partial charge is 0.506 e. The number of fused-ring (bicyclic) bond motifs is 1. The van der Waals surface area contributed by atoms with Crippen molar-refractivity contribution >= 4 is 16.7 Å². The fourth-order valence-corrected chi connectivity index (χ4v) is 2.85. The third-order valence-corrected chi connectivity index (χ3v) is 4.18. The number of hydrogen-bond donors (Lipinski definition) is 2. The summed E-state index contributed by atoms with van der Waals surface area (Å²) in [5.41, 5.74) is -0.0636. The van der Waals surface area contributed by atoms with Crippen molar-refractivity contribution in [3.63, 3.8) is 0 Å². The number of hydrogen-bond acceptors (Lipinski definition) is 3. The van der Waals surface area contributed by atoms with Crippen molar-refractivity contribution in [3.05, 3.63) is 40.2 Å². The summed E-state index contributed by atoms with van der Waals surface area (Å²) in [6.07, 6.45) is 8.11. The molecule has 0 amide bonds. The van der Waals surface area contributed by atoms with Crippen LogP contribution >= 0.6 is 0 Å². The number of pyridine rings is 1. The van der Waals surface area contributed by atoms with E-state index in [2.05, 4.69) is 11.9 Å². The highest BCUT2D eigenvalue weighted by molar-refractivity contribution is 6.03. The number of H-pyrrole nitrogens is 1. The smallest absolute Gasteiger partial charge is 0.263 e. The molecule has 1 aromatic heterocycles. The summed E-state index contributed by atoms with van der Waals surface area (Å²) in [5.74, 6) is -0.472. The molecule has 1 aromatic carbocycles. The Balaban J connectivity index is 1.97. The molecule has 0 atom stereocenters. The van der Waals surface area contributed by atoms with E-state index in [1.807, 2.05) is 0 Å². The van der Waals surface area contributed by atoms with Gasteiger partial charge in [-0.15, -0.1) is 0 Å². The third kappa shape index (κ3) is 4.44. The average molecular weight is 315 g/mol. The number of carbonyl (C=O) groups is 1. The van der Waals surface area contributed by atoms with Gasteiger partial charge >= 0.3 is 0 Å². The van der Waals surface area contributed by atoms with Gasteiger partial charge in [-0.3, -0.25) is 9.59 Å². The summed E-state index contributed by atoms with van der Waals surface area (Å²) >= 11 is 0. The number of aromatic amines is 1. The molecule has 0 bridgehead atoms. The van der Waals surface area contributed by atoms with Crippen LogP contribution in [0.3, 0.4) is 0 Å². The van der Waals surface area contributed by atoms with Crippen LogP contribution in [-0.4, -0.2) is 15.9 Å². The van der Waals surface area contributed by atoms with Crippen molar-refractivity contribution < 1.29 is 9.90 Å². The van der Waals surface area contributed by atoms with E-state index in [0.29, 0.717) is 17.3 Å². The van der Waals surface area contributed by atoms with Crippen LogP contribution in [0.25, 0.3) is 10.9 Å². The molecule has 0 aliphatic carbocycles. The number of ketones is 1. The lowest BCUT2D eigenvalue weighted by atomic mass is 10.0. The van der Waals surface area contributed by atoms with Crippen molar-refractivity contribution in [2.24, 2.45) is 0 Å². The van der Waals surface area contributed by atoms with Gasteiger partial charge in [-0.25, -0.2) is 0 Å². The maximum Gasteiger partial charge on any atom is 0.263 e. The Morgan fingerprint density at radius 3 is 2.43 bits per heavy atom. The minimum Gasteiger partial charge on any atom is -0.506 e. The van der Waals surface area contributed by atoms with Gasteiger partial charge in [0.05, 0.1) is 5.52 Å². The molecule has 124 valence electrons. The number of carbonyl (C=O) groups excluding carboxylic acids is 1. The molecule has 0 spiro atoms. The molecule has 0 aliphatic rings. The zero-order valence-corrected chi connectivity index (χ0v) is 13.7. The van der Waals surface area contributed by atoms with Crippen LogP contribution in [0.4, 0.5) is 0 Å². The summed E-state index contributed by atoms with van der Waals surface area (Å²) in [5, 5.41) is 10.8. The zero-order valence-electron chi connectivity index (χ0n) is 13.7. The second kappa shape index (κ2) is 8.51. The molecule has 2 N–H and O–H groups in total. The number of aromatic hydroxyl groups is 1. The van der Waals surface area contributed by atoms with Gasteiger partial charge in [-0.2, -0.15) is 0 Å². The lowest BCUT2D eigenvalue weighted by Crippen LogP contribution is -2.18. The highest BCUT2D eigenvalue weighted by atomic mass is 16.3. The van der Waals surface area contributed by atoms with E-state index in [1.54, 1.807) is 24.3 Å². The molecule has 0 radical (unpaired) electrons. The number of para-hydroxylation sites is 1. The second-order valence-corrected chi connectivity index (χ2v) is 6.02. The normalized spacial score (nSPS) is 11.0. The molecule has 0 unspecified atom stereocenters. The molecular weight excluding hydrogens is 290 g/mol. The van der Waals surface area contributed by atoms with Gasteiger partial charge in [0.15, 0.2) is 5.78 Å².